The van der Waals surface area contributed by atoms with Gasteiger partial charge in [-0.2, -0.15) is 0 Å². The molecule has 1 rings (SSSR count). The molecule has 92 valence electrons. The van der Waals surface area contributed by atoms with Crippen molar-refractivity contribution >= 4 is 81.0 Å². The van der Waals surface area contributed by atoms with Gasteiger partial charge < -0.3 is 29.3 Å². The molecule has 1 aromatic rings. The van der Waals surface area contributed by atoms with Gasteiger partial charge in [-0.05, 0) is 0 Å². The van der Waals surface area contributed by atoms with Crippen LogP contribution in [0.1, 0.15) is 0 Å². The van der Waals surface area contributed by atoms with Gasteiger partial charge in [0.2, 0.25) is 0 Å². The molecule has 0 atom stereocenters. The molecule has 17 heavy (non-hydrogen) atoms. The molecule has 0 fully saturated rings. The van der Waals surface area contributed by atoms with E-state index in [1.165, 1.54) is 12.5 Å². The molecule has 13 heteroatoms. The molecular formula is C4H12N2Na2O7P2. The number of anilines is 1. The minimum absolute atomic E-state index is 0. The normalized spacial score (nSPS) is 9.47. The Hall–Kier alpha value is 1.31. The minimum atomic E-state index is -4.02. The predicted octanol–water partition coefficient (Wildman–Crippen LogP) is -1.71. The van der Waals surface area contributed by atoms with Crippen molar-refractivity contribution in [2.45, 2.75) is 0 Å². The zero-order valence-electron chi connectivity index (χ0n) is 7.27. The van der Waals surface area contributed by atoms with Gasteiger partial charge in [0.1, 0.15) is 12.5 Å². The molecule has 0 spiro atoms. The van der Waals surface area contributed by atoms with Crippen LogP contribution in [0.5, 0.6) is 0 Å². The molecule has 0 aliphatic carbocycles. The first-order valence-corrected chi connectivity index (χ1v) is 6.51. The first kappa shape index (κ1) is 23.4. The second-order valence-corrected chi connectivity index (χ2v) is 4.33. The van der Waals surface area contributed by atoms with Gasteiger partial charge in [-0.3, -0.25) is 9.13 Å². The summed E-state index contributed by atoms with van der Waals surface area (Å²) in [7, 11) is -7.15. The van der Waals surface area contributed by atoms with Gasteiger partial charge in [0, 0.05) is 0 Å². The van der Waals surface area contributed by atoms with Crippen molar-refractivity contribution in [1.29, 1.82) is 0 Å². The van der Waals surface area contributed by atoms with Gasteiger partial charge in [0.15, 0.2) is 0 Å². The zero-order valence-corrected chi connectivity index (χ0v) is 9.16. The first-order valence-electron chi connectivity index (χ1n) is 3.41. The maximum absolute atomic E-state index is 10.3. The monoisotopic (exact) mass is 308 g/mol. The first-order chi connectivity index (χ1) is 6.81. The summed E-state index contributed by atoms with van der Waals surface area (Å²) in [6, 6.07) is 0.105. The van der Waals surface area contributed by atoms with Crippen LogP contribution in [0, 0.1) is 0 Å². The molecule has 0 radical (unpaired) electrons. The van der Waals surface area contributed by atoms with Crippen LogP contribution in [-0.2, 0) is 9.13 Å². The fourth-order valence-electron chi connectivity index (χ4n) is 0.481. The number of rotatable bonds is 3. The average molecular weight is 308 g/mol. The van der Waals surface area contributed by atoms with E-state index in [9.17, 15) is 4.57 Å². The molecule has 0 saturated heterocycles. The van der Waals surface area contributed by atoms with Crippen LogP contribution in [-0.4, -0.2) is 90.0 Å². The molecule has 5 N–H and O–H groups in total. The SMILES string of the molecule is O=P(O)(O)CNc1ncco1.O=[PH](O)O.[NaH].[NaH]. The van der Waals surface area contributed by atoms with E-state index in [4.69, 9.17) is 24.1 Å². The van der Waals surface area contributed by atoms with Crippen LogP contribution >= 0.6 is 15.9 Å². The van der Waals surface area contributed by atoms with Gasteiger partial charge in [0.05, 0.1) is 6.20 Å². The quantitative estimate of drug-likeness (QED) is 0.324. The van der Waals surface area contributed by atoms with Crippen LogP contribution in [0.15, 0.2) is 16.9 Å². The van der Waals surface area contributed by atoms with Crippen molar-refractivity contribution in [1.82, 2.24) is 4.98 Å². The summed E-state index contributed by atoms with van der Waals surface area (Å²) in [4.78, 5) is 34.7. The number of oxazole rings is 1. The Balaban J connectivity index is -0.000000289. The number of hydrogen-bond acceptors (Lipinski definition) is 5. The molecule has 0 bridgehead atoms. The van der Waals surface area contributed by atoms with Crippen molar-refractivity contribution in [3.63, 3.8) is 0 Å². The van der Waals surface area contributed by atoms with E-state index in [1.807, 2.05) is 0 Å². The number of nitrogens with one attached hydrogen (secondary N) is 1. The number of aromatic nitrogens is 1. The standard InChI is InChI=1S/C4H7N2O4P.2Na.H3O3P.2H/c7-11(8,9)3-6-4-5-1-2-10-4;;;1-4(2)3;;/h1-2H,3H2,(H,5,6)(H2,7,8,9);;;4H,(H2,1,2,3);;. The Morgan fingerprint density at radius 3 is 2.18 bits per heavy atom. The van der Waals surface area contributed by atoms with Gasteiger partial charge in [0.25, 0.3) is 6.01 Å². The summed E-state index contributed by atoms with van der Waals surface area (Å²) in [5.74, 6) is 0. The molecule has 0 aliphatic heterocycles. The predicted molar refractivity (Wildman–Crippen MR) is 64.8 cm³/mol. The Morgan fingerprint density at radius 2 is 1.88 bits per heavy atom. The van der Waals surface area contributed by atoms with Crippen LogP contribution in [0.3, 0.4) is 0 Å². The van der Waals surface area contributed by atoms with Crippen LogP contribution < -0.4 is 5.32 Å². The van der Waals surface area contributed by atoms with Crippen molar-refractivity contribution < 1.29 is 33.1 Å². The van der Waals surface area contributed by atoms with E-state index in [0.717, 1.165) is 0 Å². The van der Waals surface area contributed by atoms with Gasteiger partial charge in [-0.25, -0.2) is 4.98 Å². The molecule has 1 aromatic heterocycles. The van der Waals surface area contributed by atoms with Gasteiger partial charge >= 0.3 is 75.0 Å². The van der Waals surface area contributed by atoms with E-state index in [1.54, 1.807) is 0 Å². The fourth-order valence-corrected chi connectivity index (χ4v) is 0.823. The second kappa shape index (κ2) is 12.3. The molecular weight excluding hydrogens is 296 g/mol. The summed E-state index contributed by atoms with van der Waals surface area (Å²) in [5, 5.41) is 2.32. The molecule has 9 nitrogen and oxygen atoms in total. The Morgan fingerprint density at radius 1 is 1.41 bits per heavy atom. The van der Waals surface area contributed by atoms with Gasteiger partial charge in [-0.1, -0.05) is 0 Å². The van der Waals surface area contributed by atoms with E-state index >= 15 is 0 Å². The van der Waals surface area contributed by atoms with Crippen molar-refractivity contribution in [3.8, 4) is 0 Å². The Labute approximate surface area is 142 Å². The fraction of sp³-hybridized carbons (Fsp3) is 0.250. The van der Waals surface area contributed by atoms with E-state index < -0.39 is 22.1 Å². The maximum atomic E-state index is 10.3. The molecule has 0 aromatic carbocycles. The van der Waals surface area contributed by atoms with Crippen LogP contribution in [0.4, 0.5) is 6.01 Å². The third kappa shape index (κ3) is 19.8. The second-order valence-electron chi connectivity index (χ2n) is 2.12. The molecule has 0 aliphatic rings. The number of hydrogen-bond donors (Lipinski definition) is 5. The van der Waals surface area contributed by atoms with Crippen molar-refractivity contribution in [3.05, 3.63) is 12.5 Å². The average Bonchev–Trinajstić information content (AvgIpc) is 2.49. The van der Waals surface area contributed by atoms with Crippen molar-refractivity contribution in [2.75, 3.05) is 11.6 Å². The molecule has 0 amide bonds. The molecule has 0 unspecified atom stereocenters. The zero-order chi connectivity index (χ0) is 11.9. The molecule has 1 heterocycles. The summed E-state index contributed by atoms with van der Waals surface area (Å²) >= 11 is 0. The van der Waals surface area contributed by atoms with Crippen LogP contribution in [0.25, 0.3) is 0 Å². The Kier molecular flexibility index (Phi) is 17.0. The van der Waals surface area contributed by atoms with Crippen LogP contribution in [0.2, 0.25) is 0 Å². The van der Waals surface area contributed by atoms with E-state index in [-0.39, 0.29) is 65.1 Å². The van der Waals surface area contributed by atoms with Gasteiger partial charge in [-0.15, -0.1) is 0 Å². The Bertz CT molecular complexity index is 338. The van der Waals surface area contributed by atoms with Crippen molar-refractivity contribution in [2.24, 2.45) is 0 Å². The summed E-state index contributed by atoms with van der Waals surface area (Å²) in [6.45, 7) is 0. The number of nitrogens with zero attached hydrogens (tertiary/aromatic N) is 1. The van der Waals surface area contributed by atoms with E-state index in [2.05, 4.69) is 14.7 Å². The topological polar surface area (TPSA) is 153 Å². The van der Waals surface area contributed by atoms with E-state index in [0.29, 0.717) is 0 Å². The third-order valence-corrected chi connectivity index (χ3v) is 1.44. The molecule has 0 saturated carbocycles. The summed E-state index contributed by atoms with van der Waals surface area (Å²) in [6.07, 6.45) is 2.22. The third-order valence-electron chi connectivity index (χ3n) is 0.869. The summed E-state index contributed by atoms with van der Waals surface area (Å²) < 4.78 is 23.7. The summed E-state index contributed by atoms with van der Waals surface area (Å²) in [5.41, 5.74) is 0.